The number of rotatable bonds is 5. The zero-order valence-corrected chi connectivity index (χ0v) is 10.6. The van der Waals surface area contributed by atoms with Gasteiger partial charge in [-0.2, -0.15) is 31.9 Å². The molecule has 0 unspecified atom stereocenters. The van der Waals surface area contributed by atoms with Crippen LogP contribution >= 0.6 is 0 Å². The van der Waals surface area contributed by atoms with Gasteiger partial charge in [-0.25, -0.2) is 4.98 Å². The molecular weight excluding hydrogens is 301 g/mol. The van der Waals surface area contributed by atoms with Crippen molar-refractivity contribution in [3.8, 4) is 5.88 Å². The van der Waals surface area contributed by atoms with Gasteiger partial charge in [0.25, 0.3) is 0 Å². The van der Waals surface area contributed by atoms with E-state index in [-0.39, 0.29) is 17.1 Å². The molecule has 0 bridgehead atoms. The first-order chi connectivity index (χ1) is 9.74. The van der Waals surface area contributed by atoms with Crippen molar-refractivity contribution in [2.45, 2.75) is 19.0 Å². The molecule has 2 aromatic heterocycles. The lowest BCUT2D eigenvalue weighted by Gasteiger charge is -2.19. The molecule has 116 valence electrons. The van der Waals surface area contributed by atoms with Gasteiger partial charge in [-0.1, -0.05) is 0 Å². The van der Waals surface area contributed by atoms with E-state index in [0.29, 0.717) is 6.54 Å². The van der Waals surface area contributed by atoms with Crippen molar-refractivity contribution in [2.75, 3.05) is 18.5 Å². The van der Waals surface area contributed by atoms with Crippen LogP contribution < -0.4 is 10.1 Å². The summed E-state index contributed by atoms with van der Waals surface area (Å²) in [5.74, 6) is -5.40. The first-order valence-corrected chi connectivity index (χ1v) is 5.77. The number of anilines is 1. The minimum Gasteiger partial charge on any atom is -0.469 e. The van der Waals surface area contributed by atoms with Crippen molar-refractivity contribution in [2.24, 2.45) is 0 Å². The van der Waals surface area contributed by atoms with Crippen LogP contribution in [-0.2, 0) is 0 Å². The molecule has 0 saturated carbocycles. The van der Waals surface area contributed by atoms with E-state index in [4.69, 9.17) is 0 Å². The summed E-state index contributed by atoms with van der Waals surface area (Å²) >= 11 is 0. The molecule has 2 rings (SSSR count). The Morgan fingerprint density at radius 1 is 1.24 bits per heavy atom. The number of hydrogen-bond acceptors (Lipinski definition) is 5. The van der Waals surface area contributed by atoms with Crippen LogP contribution in [0.15, 0.2) is 6.33 Å². The lowest BCUT2D eigenvalue weighted by molar-refractivity contribution is -0.290. The lowest BCUT2D eigenvalue weighted by Crippen LogP contribution is -2.41. The average Bonchev–Trinajstić information content (AvgIpc) is 2.83. The molecule has 0 amide bonds. The first-order valence-electron chi connectivity index (χ1n) is 5.77. The van der Waals surface area contributed by atoms with Gasteiger partial charge in [0.15, 0.2) is 12.3 Å². The fraction of sp³-hybridized carbons (Fsp3) is 0.500. The monoisotopic (exact) mass is 311 g/mol. The topological polar surface area (TPSA) is 75.7 Å². The number of nitrogens with one attached hydrogen (secondary N) is 2. The van der Waals surface area contributed by atoms with E-state index in [9.17, 15) is 22.0 Å². The zero-order chi connectivity index (χ0) is 15.7. The number of aromatic amines is 1. The van der Waals surface area contributed by atoms with Crippen molar-refractivity contribution >= 4 is 17.1 Å². The number of halogens is 5. The summed E-state index contributed by atoms with van der Waals surface area (Å²) in [6.07, 6.45) is -4.50. The maximum atomic E-state index is 12.9. The van der Waals surface area contributed by atoms with Crippen LogP contribution in [0.2, 0.25) is 0 Å². The third kappa shape index (κ3) is 3.11. The number of nitrogens with zero attached hydrogens (tertiary/aromatic N) is 3. The molecule has 0 fully saturated rings. The number of fused-ring (bicyclic) bond motifs is 1. The van der Waals surface area contributed by atoms with E-state index in [1.54, 1.807) is 6.92 Å². The Balaban J connectivity index is 2.27. The van der Waals surface area contributed by atoms with E-state index < -0.39 is 24.6 Å². The molecule has 2 heterocycles. The third-order valence-corrected chi connectivity index (χ3v) is 2.39. The van der Waals surface area contributed by atoms with E-state index in [0.717, 1.165) is 0 Å². The fourth-order valence-electron chi connectivity index (χ4n) is 1.39. The normalized spacial score (nSPS) is 12.7. The molecule has 0 atom stereocenters. The van der Waals surface area contributed by atoms with Gasteiger partial charge >= 0.3 is 12.1 Å². The highest BCUT2D eigenvalue weighted by Gasteiger charge is 2.58. The molecule has 0 spiro atoms. The minimum atomic E-state index is -5.70. The van der Waals surface area contributed by atoms with Crippen molar-refractivity contribution in [1.29, 1.82) is 0 Å². The van der Waals surface area contributed by atoms with Gasteiger partial charge in [-0.15, -0.1) is 0 Å². The highest BCUT2D eigenvalue weighted by atomic mass is 19.4. The molecular formula is C10H10F5N5O. The number of aromatic nitrogens is 4. The predicted molar refractivity (Wildman–Crippen MR) is 62.3 cm³/mol. The summed E-state index contributed by atoms with van der Waals surface area (Å²) in [5.41, 5.74) is 0.126. The SMILES string of the molecule is CCNc1nc(OCC(F)(F)C(F)(F)F)c2[nH]cnc2n1. The molecule has 2 N–H and O–H groups in total. The van der Waals surface area contributed by atoms with Gasteiger partial charge in [-0.05, 0) is 6.92 Å². The molecule has 6 nitrogen and oxygen atoms in total. The standard InChI is InChI=1S/C10H10F5N5O/c1-2-16-8-19-6-5(17-4-18-6)7(20-8)21-3-9(11,12)10(13,14)15/h4H,2-3H2,1H3,(H2,16,17,18,19,20). The van der Waals surface area contributed by atoms with Crippen molar-refractivity contribution < 1.29 is 26.7 Å². The maximum absolute atomic E-state index is 12.9. The third-order valence-electron chi connectivity index (χ3n) is 2.39. The number of alkyl halides is 5. The molecule has 0 radical (unpaired) electrons. The van der Waals surface area contributed by atoms with E-state index in [1.807, 2.05) is 0 Å². The Hall–Kier alpha value is -2.20. The van der Waals surface area contributed by atoms with E-state index >= 15 is 0 Å². The average molecular weight is 311 g/mol. The van der Waals surface area contributed by atoms with Crippen LogP contribution in [0, 0.1) is 0 Å². The number of H-pyrrole nitrogens is 1. The second kappa shape index (κ2) is 5.30. The van der Waals surface area contributed by atoms with Crippen molar-refractivity contribution in [3.63, 3.8) is 0 Å². The largest absolute Gasteiger partial charge is 0.469 e. The predicted octanol–water partition coefficient (Wildman–Crippen LogP) is 2.36. The summed E-state index contributed by atoms with van der Waals surface area (Å²) in [5, 5.41) is 2.69. The van der Waals surface area contributed by atoms with E-state index in [1.165, 1.54) is 6.33 Å². The number of hydrogen-bond donors (Lipinski definition) is 2. The van der Waals surface area contributed by atoms with Gasteiger partial charge in [0, 0.05) is 6.54 Å². The summed E-state index contributed by atoms with van der Waals surface area (Å²) in [6, 6.07) is 0. The highest BCUT2D eigenvalue weighted by Crippen LogP contribution is 2.36. The quantitative estimate of drug-likeness (QED) is 0.829. The summed E-state index contributed by atoms with van der Waals surface area (Å²) < 4.78 is 66.5. The van der Waals surface area contributed by atoms with Crippen LogP contribution in [-0.4, -0.2) is 45.2 Å². The molecule has 21 heavy (non-hydrogen) atoms. The van der Waals surface area contributed by atoms with Crippen LogP contribution in [0.1, 0.15) is 6.92 Å². The lowest BCUT2D eigenvalue weighted by atomic mass is 10.3. The molecule has 0 aliphatic rings. The molecule has 2 aromatic rings. The van der Waals surface area contributed by atoms with Crippen LogP contribution in [0.4, 0.5) is 27.9 Å². The summed E-state index contributed by atoms with van der Waals surface area (Å²) in [4.78, 5) is 14.0. The zero-order valence-electron chi connectivity index (χ0n) is 10.6. The van der Waals surface area contributed by atoms with Gasteiger partial charge in [0.1, 0.15) is 5.52 Å². The Kier molecular flexibility index (Phi) is 3.83. The second-order valence-electron chi connectivity index (χ2n) is 3.97. The Morgan fingerprint density at radius 2 is 1.95 bits per heavy atom. The van der Waals surface area contributed by atoms with Gasteiger partial charge < -0.3 is 15.0 Å². The van der Waals surface area contributed by atoms with Gasteiger partial charge in [0.2, 0.25) is 11.8 Å². The van der Waals surface area contributed by atoms with Crippen molar-refractivity contribution in [1.82, 2.24) is 19.9 Å². The Bertz CT molecular complexity index is 626. The maximum Gasteiger partial charge on any atom is 0.456 e. The second-order valence-corrected chi connectivity index (χ2v) is 3.97. The minimum absolute atomic E-state index is 0.0161. The van der Waals surface area contributed by atoms with Gasteiger partial charge in [-0.3, -0.25) is 0 Å². The molecule has 0 saturated heterocycles. The summed E-state index contributed by atoms with van der Waals surface area (Å²) in [6.45, 7) is 0.276. The number of imidazole rings is 1. The Labute approximate surface area is 114 Å². The molecule has 0 aliphatic carbocycles. The van der Waals surface area contributed by atoms with Crippen LogP contribution in [0.25, 0.3) is 11.2 Å². The smallest absolute Gasteiger partial charge is 0.456 e. The molecule has 0 aliphatic heterocycles. The summed E-state index contributed by atoms with van der Waals surface area (Å²) in [7, 11) is 0. The fourth-order valence-corrected chi connectivity index (χ4v) is 1.39. The molecule has 11 heteroatoms. The number of ether oxygens (including phenoxy) is 1. The first kappa shape index (κ1) is 15.2. The van der Waals surface area contributed by atoms with Crippen molar-refractivity contribution in [3.05, 3.63) is 6.33 Å². The van der Waals surface area contributed by atoms with Gasteiger partial charge in [0.05, 0.1) is 6.33 Å². The molecule has 0 aromatic carbocycles. The van der Waals surface area contributed by atoms with Crippen LogP contribution in [0.3, 0.4) is 0 Å². The highest BCUT2D eigenvalue weighted by molar-refractivity contribution is 5.76. The van der Waals surface area contributed by atoms with Crippen LogP contribution in [0.5, 0.6) is 5.88 Å². The Morgan fingerprint density at radius 3 is 2.57 bits per heavy atom. The van der Waals surface area contributed by atoms with E-state index in [2.05, 4.69) is 30.0 Å².